The summed E-state index contributed by atoms with van der Waals surface area (Å²) in [4.78, 5) is 32.5. The monoisotopic (exact) mass is 506 g/mol. The summed E-state index contributed by atoms with van der Waals surface area (Å²) in [5.74, 6) is 2.14. The molecule has 8 nitrogen and oxygen atoms in total. The third-order valence-corrected chi connectivity index (χ3v) is 6.99. The summed E-state index contributed by atoms with van der Waals surface area (Å²) in [6.45, 7) is 2.65. The fraction of sp³-hybridized carbons (Fsp3) is 0.483. The molecule has 8 heteroatoms. The first-order chi connectivity index (χ1) is 18.1. The maximum atomic E-state index is 13.1. The molecule has 0 aliphatic carbocycles. The van der Waals surface area contributed by atoms with Gasteiger partial charge in [0.1, 0.15) is 12.4 Å². The SMILES string of the molecule is COc1ccc(C(=O)NCCCCCc2nc3ccccc3n2CC(=O)N2CCCCCC2)cc1OC. The molecule has 2 heterocycles. The molecule has 1 aliphatic rings. The molecule has 2 aromatic carbocycles. The van der Waals surface area contributed by atoms with Crippen LogP contribution in [-0.4, -0.2) is 60.1 Å². The predicted octanol–water partition coefficient (Wildman–Crippen LogP) is 4.60. The lowest BCUT2D eigenvalue weighted by Gasteiger charge is -2.21. The van der Waals surface area contributed by atoms with E-state index < -0.39 is 0 Å². The van der Waals surface area contributed by atoms with Crippen molar-refractivity contribution in [2.45, 2.75) is 57.9 Å². The number of carbonyl (C=O) groups is 2. The van der Waals surface area contributed by atoms with Crippen LogP contribution in [0, 0.1) is 0 Å². The predicted molar refractivity (Wildman–Crippen MR) is 144 cm³/mol. The first kappa shape index (κ1) is 26.5. The van der Waals surface area contributed by atoms with Crippen LogP contribution in [0.1, 0.15) is 61.1 Å². The number of benzene rings is 2. The minimum absolute atomic E-state index is 0.130. The van der Waals surface area contributed by atoms with Crippen LogP contribution >= 0.6 is 0 Å². The minimum atomic E-state index is -0.130. The molecule has 2 amide bonds. The lowest BCUT2D eigenvalue weighted by atomic mass is 10.1. The van der Waals surface area contributed by atoms with Crippen LogP contribution in [0.4, 0.5) is 0 Å². The van der Waals surface area contributed by atoms with E-state index >= 15 is 0 Å². The number of methoxy groups -OCH3 is 2. The molecule has 0 bridgehead atoms. The van der Waals surface area contributed by atoms with E-state index in [1.54, 1.807) is 32.4 Å². The molecular formula is C29H38N4O4. The highest BCUT2D eigenvalue weighted by Gasteiger charge is 2.19. The Kier molecular flexibility index (Phi) is 9.40. The molecule has 3 aromatic rings. The molecular weight excluding hydrogens is 468 g/mol. The molecule has 0 atom stereocenters. The normalized spacial score (nSPS) is 13.8. The van der Waals surface area contributed by atoms with Gasteiger partial charge >= 0.3 is 0 Å². The molecule has 0 radical (unpaired) electrons. The Labute approximate surface area is 219 Å². The van der Waals surface area contributed by atoms with Crippen molar-refractivity contribution in [1.82, 2.24) is 19.8 Å². The quantitative estimate of drug-likeness (QED) is 0.384. The maximum Gasteiger partial charge on any atom is 0.251 e. The van der Waals surface area contributed by atoms with Gasteiger partial charge in [-0.1, -0.05) is 31.4 Å². The zero-order valence-corrected chi connectivity index (χ0v) is 22.0. The van der Waals surface area contributed by atoms with Gasteiger partial charge in [0.05, 0.1) is 25.3 Å². The number of amides is 2. The topological polar surface area (TPSA) is 85.7 Å². The Bertz CT molecular complexity index is 1200. The van der Waals surface area contributed by atoms with Crippen molar-refractivity contribution in [3.05, 3.63) is 53.9 Å². The number of aromatic nitrogens is 2. The van der Waals surface area contributed by atoms with Crippen molar-refractivity contribution >= 4 is 22.8 Å². The molecule has 1 fully saturated rings. The number of nitrogens with zero attached hydrogens (tertiary/aromatic N) is 3. The first-order valence-corrected chi connectivity index (χ1v) is 13.3. The van der Waals surface area contributed by atoms with Crippen molar-refractivity contribution in [1.29, 1.82) is 0 Å². The van der Waals surface area contributed by atoms with E-state index in [-0.39, 0.29) is 11.8 Å². The van der Waals surface area contributed by atoms with Gasteiger partial charge in [0.25, 0.3) is 5.91 Å². The molecule has 1 N–H and O–H groups in total. The Morgan fingerprint density at radius 3 is 2.43 bits per heavy atom. The van der Waals surface area contributed by atoms with Gasteiger partial charge in [-0.25, -0.2) is 4.98 Å². The second-order valence-electron chi connectivity index (χ2n) is 9.53. The Balaban J connectivity index is 1.29. The number of hydrogen-bond donors (Lipinski definition) is 1. The van der Waals surface area contributed by atoms with E-state index in [0.717, 1.165) is 68.5 Å². The lowest BCUT2D eigenvalue weighted by molar-refractivity contribution is -0.131. The van der Waals surface area contributed by atoms with Crippen LogP contribution in [0.5, 0.6) is 11.5 Å². The van der Waals surface area contributed by atoms with Crippen LogP contribution in [0.2, 0.25) is 0 Å². The van der Waals surface area contributed by atoms with Crippen LogP contribution in [0.25, 0.3) is 11.0 Å². The molecule has 1 saturated heterocycles. The van der Waals surface area contributed by atoms with Crippen molar-refractivity contribution in [3.63, 3.8) is 0 Å². The summed E-state index contributed by atoms with van der Waals surface area (Å²) in [6.07, 6.45) is 8.15. The Morgan fingerprint density at radius 1 is 0.919 bits per heavy atom. The second-order valence-corrected chi connectivity index (χ2v) is 9.53. The summed E-state index contributed by atoms with van der Waals surface area (Å²) in [6, 6.07) is 13.2. The summed E-state index contributed by atoms with van der Waals surface area (Å²) >= 11 is 0. The number of para-hydroxylation sites is 2. The number of rotatable bonds is 11. The number of aryl methyl sites for hydroxylation is 1. The summed E-state index contributed by atoms with van der Waals surface area (Å²) in [7, 11) is 3.12. The first-order valence-electron chi connectivity index (χ1n) is 13.3. The fourth-order valence-corrected chi connectivity index (χ4v) is 4.91. The number of imidazole rings is 1. The minimum Gasteiger partial charge on any atom is -0.493 e. The zero-order valence-electron chi connectivity index (χ0n) is 22.0. The van der Waals surface area contributed by atoms with Gasteiger partial charge < -0.3 is 24.3 Å². The number of likely N-dealkylation sites (tertiary alicyclic amines) is 1. The summed E-state index contributed by atoms with van der Waals surface area (Å²) in [5.41, 5.74) is 2.49. The van der Waals surface area contributed by atoms with Crippen LogP contribution in [0.15, 0.2) is 42.5 Å². The summed E-state index contributed by atoms with van der Waals surface area (Å²) in [5, 5.41) is 2.98. The Morgan fingerprint density at radius 2 is 1.68 bits per heavy atom. The van der Waals surface area contributed by atoms with Gasteiger partial charge in [-0.3, -0.25) is 9.59 Å². The van der Waals surface area contributed by atoms with E-state index in [4.69, 9.17) is 14.5 Å². The number of carbonyl (C=O) groups excluding carboxylic acids is 2. The third kappa shape index (κ3) is 6.81. The van der Waals surface area contributed by atoms with E-state index in [9.17, 15) is 9.59 Å². The summed E-state index contributed by atoms with van der Waals surface area (Å²) < 4.78 is 12.6. The fourth-order valence-electron chi connectivity index (χ4n) is 4.91. The van der Waals surface area contributed by atoms with E-state index in [0.29, 0.717) is 30.2 Å². The molecule has 0 saturated carbocycles. The molecule has 1 aromatic heterocycles. The van der Waals surface area contributed by atoms with Crippen molar-refractivity contribution in [2.75, 3.05) is 33.9 Å². The van der Waals surface area contributed by atoms with Crippen molar-refractivity contribution in [3.8, 4) is 11.5 Å². The number of fused-ring (bicyclic) bond motifs is 1. The van der Waals surface area contributed by atoms with Crippen LogP contribution in [-0.2, 0) is 17.8 Å². The highest BCUT2D eigenvalue weighted by atomic mass is 16.5. The average Bonchev–Trinajstić information content (AvgIpc) is 3.08. The van der Waals surface area contributed by atoms with Crippen LogP contribution < -0.4 is 14.8 Å². The smallest absolute Gasteiger partial charge is 0.251 e. The molecule has 37 heavy (non-hydrogen) atoms. The van der Waals surface area contributed by atoms with Gasteiger partial charge in [0.2, 0.25) is 5.91 Å². The van der Waals surface area contributed by atoms with Gasteiger partial charge in [-0.2, -0.15) is 0 Å². The average molecular weight is 507 g/mol. The van der Waals surface area contributed by atoms with Crippen molar-refractivity contribution in [2.24, 2.45) is 0 Å². The molecule has 1 aliphatic heterocycles. The molecule has 4 rings (SSSR count). The Hall–Kier alpha value is -3.55. The van der Waals surface area contributed by atoms with Crippen molar-refractivity contribution < 1.29 is 19.1 Å². The lowest BCUT2D eigenvalue weighted by Crippen LogP contribution is -2.34. The highest BCUT2D eigenvalue weighted by molar-refractivity contribution is 5.94. The standard InChI is InChI=1S/C29H38N4O4/c1-36-25-16-15-22(20-26(25)37-2)29(35)30-17-9-5-6-14-27-31-23-12-7-8-13-24(23)33(27)21-28(34)32-18-10-3-4-11-19-32/h7-8,12-13,15-16,20H,3-6,9-11,14,17-19,21H2,1-2H3,(H,30,35). The van der Waals surface area contributed by atoms with Gasteiger partial charge in [-0.05, 0) is 56.0 Å². The molecule has 0 unspecified atom stereocenters. The van der Waals surface area contributed by atoms with E-state index in [1.807, 2.05) is 29.2 Å². The number of unbranched alkanes of at least 4 members (excludes halogenated alkanes) is 2. The maximum absolute atomic E-state index is 13.1. The second kappa shape index (κ2) is 13.1. The number of hydrogen-bond acceptors (Lipinski definition) is 5. The number of nitrogens with one attached hydrogen (secondary N) is 1. The van der Waals surface area contributed by atoms with Crippen LogP contribution in [0.3, 0.4) is 0 Å². The highest BCUT2D eigenvalue weighted by Crippen LogP contribution is 2.27. The van der Waals surface area contributed by atoms with Gasteiger partial charge in [0.15, 0.2) is 11.5 Å². The largest absolute Gasteiger partial charge is 0.493 e. The number of ether oxygens (including phenoxy) is 2. The van der Waals surface area contributed by atoms with E-state index in [1.165, 1.54) is 12.8 Å². The molecule has 0 spiro atoms. The van der Waals surface area contributed by atoms with E-state index in [2.05, 4.69) is 9.88 Å². The van der Waals surface area contributed by atoms with Gasteiger partial charge in [0, 0.05) is 31.6 Å². The third-order valence-electron chi connectivity index (χ3n) is 6.99. The van der Waals surface area contributed by atoms with Gasteiger partial charge in [-0.15, -0.1) is 0 Å². The molecule has 198 valence electrons. The zero-order chi connectivity index (χ0) is 26.0.